The van der Waals surface area contributed by atoms with E-state index in [-0.39, 0.29) is 5.24 Å². The summed E-state index contributed by atoms with van der Waals surface area (Å²) in [7, 11) is 0. The van der Waals surface area contributed by atoms with E-state index in [0.717, 1.165) is 32.9 Å². The summed E-state index contributed by atoms with van der Waals surface area (Å²) in [6.07, 6.45) is 6.66. The van der Waals surface area contributed by atoms with Crippen molar-refractivity contribution in [2.45, 2.75) is 0 Å². The third kappa shape index (κ3) is 2.74. The highest BCUT2D eigenvalue weighted by atomic mass is 79.9. The molecule has 4 heterocycles. The lowest BCUT2D eigenvalue weighted by molar-refractivity contribution is -0.115. The summed E-state index contributed by atoms with van der Waals surface area (Å²) in [6.45, 7) is 0. The number of thioether (sulfide) groups is 1. The molecule has 6 nitrogen and oxygen atoms in total. The Labute approximate surface area is 148 Å². The fourth-order valence-corrected chi connectivity index (χ4v) is 3.24. The van der Waals surface area contributed by atoms with E-state index in [1.54, 1.807) is 30.7 Å². The topological polar surface area (TPSA) is 85.1 Å². The Balaban J connectivity index is 1.80. The lowest BCUT2D eigenvalue weighted by Crippen LogP contribution is -2.17. The molecule has 0 saturated carbocycles. The fourth-order valence-electron chi connectivity index (χ4n) is 2.34. The molecule has 8 heteroatoms. The number of pyridine rings is 2. The maximum Gasteiger partial charge on any atom is 0.290 e. The molecule has 1 N–H and O–H groups in total. The van der Waals surface area contributed by atoms with E-state index in [9.17, 15) is 9.59 Å². The van der Waals surface area contributed by atoms with Crippen molar-refractivity contribution in [2.75, 3.05) is 0 Å². The van der Waals surface area contributed by atoms with Crippen LogP contribution < -0.4 is 5.32 Å². The summed E-state index contributed by atoms with van der Waals surface area (Å²) in [4.78, 5) is 31.6. The molecule has 1 aliphatic rings. The number of rotatable bonds is 2. The lowest BCUT2D eigenvalue weighted by atomic mass is 10.1. The number of furan rings is 1. The van der Waals surface area contributed by atoms with Crippen molar-refractivity contribution in [3.63, 3.8) is 0 Å². The van der Waals surface area contributed by atoms with Crippen molar-refractivity contribution in [1.82, 2.24) is 15.3 Å². The molecule has 118 valence electrons. The minimum absolute atomic E-state index is 0.305. The maximum absolute atomic E-state index is 11.6. The van der Waals surface area contributed by atoms with Gasteiger partial charge in [0, 0.05) is 41.2 Å². The number of hydrogen-bond donors (Lipinski definition) is 1. The van der Waals surface area contributed by atoms with Gasteiger partial charge in [0.25, 0.3) is 11.1 Å². The van der Waals surface area contributed by atoms with Gasteiger partial charge >= 0.3 is 0 Å². The number of hydrogen-bond acceptors (Lipinski definition) is 6. The van der Waals surface area contributed by atoms with Crippen molar-refractivity contribution in [1.29, 1.82) is 0 Å². The average molecular weight is 402 g/mol. The van der Waals surface area contributed by atoms with Gasteiger partial charge in [0.1, 0.15) is 15.9 Å². The minimum Gasteiger partial charge on any atom is -0.456 e. The zero-order valence-corrected chi connectivity index (χ0v) is 14.3. The van der Waals surface area contributed by atoms with Crippen LogP contribution in [0.4, 0.5) is 4.79 Å². The van der Waals surface area contributed by atoms with Crippen LogP contribution in [0.25, 0.3) is 28.2 Å². The first kappa shape index (κ1) is 15.1. The van der Waals surface area contributed by atoms with Gasteiger partial charge in [-0.3, -0.25) is 19.9 Å². The Kier molecular flexibility index (Phi) is 3.70. The number of aromatic nitrogens is 2. The number of halogens is 1. The van der Waals surface area contributed by atoms with E-state index in [1.165, 1.54) is 0 Å². The smallest absolute Gasteiger partial charge is 0.290 e. The molecule has 1 saturated heterocycles. The fraction of sp³-hybridized carbons (Fsp3) is 0. The van der Waals surface area contributed by atoms with E-state index in [4.69, 9.17) is 4.42 Å². The largest absolute Gasteiger partial charge is 0.456 e. The molecule has 0 radical (unpaired) electrons. The van der Waals surface area contributed by atoms with Gasteiger partial charge in [-0.2, -0.15) is 0 Å². The van der Waals surface area contributed by atoms with Crippen LogP contribution in [0.3, 0.4) is 0 Å². The van der Waals surface area contributed by atoms with E-state index < -0.39 is 5.91 Å². The van der Waals surface area contributed by atoms with Crippen molar-refractivity contribution in [2.24, 2.45) is 0 Å². The summed E-state index contributed by atoms with van der Waals surface area (Å²) in [5.74, 6) is 0.0672. The van der Waals surface area contributed by atoms with Crippen molar-refractivity contribution < 1.29 is 14.0 Å². The Hall–Kier alpha value is -2.45. The van der Waals surface area contributed by atoms with Gasteiger partial charge in [0.2, 0.25) is 0 Å². The molecule has 0 unspecified atom stereocenters. The van der Waals surface area contributed by atoms with Gasteiger partial charge in [-0.1, -0.05) is 0 Å². The number of carbonyl (C=O) groups excluding carboxylic acids is 2. The first-order valence-electron chi connectivity index (χ1n) is 6.84. The lowest BCUT2D eigenvalue weighted by Gasteiger charge is -2.01. The standard InChI is InChI=1S/C16H8BrN3O3S/c17-13-2-1-8(6-19-13)11-7-18-5-9-3-10(23-14(9)11)4-12-15(21)20-16(22)24-12/h1-7H,(H,20,21,22)/b12-4+. The monoisotopic (exact) mass is 401 g/mol. The van der Waals surface area contributed by atoms with Crippen LogP contribution >= 0.6 is 27.7 Å². The first-order chi connectivity index (χ1) is 11.6. The summed E-state index contributed by atoms with van der Waals surface area (Å²) in [5.41, 5.74) is 2.32. The number of fused-ring (bicyclic) bond motifs is 1. The van der Waals surface area contributed by atoms with Crippen LogP contribution in [-0.2, 0) is 4.79 Å². The average Bonchev–Trinajstić information content (AvgIpc) is 3.10. The Morgan fingerprint density at radius 2 is 2.08 bits per heavy atom. The second-order valence-electron chi connectivity index (χ2n) is 4.98. The molecular formula is C16H8BrN3O3S. The van der Waals surface area contributed by atoms with E-state index >= 15 is 0 Å². The number of imide groups is 1. The molecule has 3 aromatic heterocycles. The molecule has 0 bridgehead atoms. The zero-order chi connectivity index (χ0) is 16.7. The number of amides is 2. The maximum atomic E-state index is 11.6. The molecule has 0 aliphatic carbocycles. The van der Waals surface area contributed by atoms with Gasteiger partial charge in [-0.05, 0) is 45.9 Å². The summed E-state index contributed by atoms with van der Waals surface area (Å²) in [5, 5.41) is 2.63. The third-order valence-corrected chi connectivity index (χ3v) is 4.68. The van der Waals surface area contributed by atoms with Crippen LogP contribution in [0.1, 0.15) is 5.76 Å². The van der Waals surface area contributed by atoms with E-state index in [0.29, 0.717) is 16.2 Å². The van der Waals surface area contributed by atoms with Gasteiger partial charge in [0.15, 0.2) is 0 Å². The predicted molar refractivity (Wildman–Crippen MR) is 94.0 cm³/mol. The van der Waals surface area contributed by atoms with E-state index in [2.05, 4.69) is 31.2 Å². The second kappa shape index (κ2) is 5.88. The second-order valence-corrected chi connectivity index (χ2v) is 6.80. The van der Waals surface area contributed by atoms with Crippen LogP contribution in [-0.4, -0.2) is 21.1 Å². The molecule has 1 fully saturated rings. The highest BCUT2D eigenvalue weighted by molar-refractivity contribution is 9.10. The highest BCUT2D eigenvalue weighted by Gasteiger charge is 2.25. The summed E-state index contributed by atoms with van der Waals surface area (Å²) >= 11 is 4.16. The SMILES string of the molecule is O=C1NC(=O)/C(=C\c2cc3cncc(-c4ccc(Br)nc4)c3o2)S1. The van der Waals surface area contributed by atoms with Crippen LogP contribution in [0, 0.1) is 0 Å². The Bertz CT molecular complexity index is 1010. The van der Waals surface area contributed by atoms with Gasteiger partial charge in [-0.25, -0.2) is 4.98 Å². The van der Waals surface area contributed by atoms with Crippen LogP contribution in [0.5, 0.6) is 0 Å². The number of carbonyl (C=O) groups is 2. The van der Waals surface area contributed by atoms with Crippen molar-refractivity contribution >= 4 is 55.9 Å². The molecule has 1 aliphatic heterocycles. The number of nitrogens with one attached hydrogen (secondary N) is 1. The summed E-state index contributed by atoms with van der Waals surface area (Å²) in [6, 6.07) is 5.53. The van der Waals surface area contributed by atoms with Crippen LogP contribution in [0.15, 0.2) is 50.7 Å². The van der Waals surface area contributed by atoms with Crippen LogP contribution in [0.2, 0.25) is 0 Å². The van der Waals surface area contributed by atoms with Gasteiger partial charge in [0.05, 0.1) is 4.91 Å². The zero-order valence-electron chi connectivity index (χ0n) is 11.9. The third-order valence-electron chi connectivity index (χ3n) is 3.40. The predicted octanol–water partition coefficient (Wildman–Crippen LogP) is 3.98. The van der Waals surface area contributed by atoms with Crippen molar-refractivity contribution in [3.8, 4) is 11.1 Å². The Morgan fingerprint density at radius 3 is 2.79 bits per heavy atom. The van der Waals surface area contributed by atoms with Crippen molar-refractivity contribution in [3.05, 3.63) is 52.1 Å². The molecule has 0 spiro atoms. The molecule has 2 amide bonds. The van der Waals surface area contributed by atoms with E-state index in [1.807, 2.05) is 12.1 Å². The highest BCUT2D eigenvalue weighted by Crippen LogP contribution is 2.32. The molecule has 24 heavy (non-hydrogen) atoms. The molecule has 0 atom stereocenters. The van der Waals surface area contributed by atoms with Gasteiger partial charge < -0.3 is 4.42 Å². The Morgan fingerprint density at radius 1 is 1.21 bits per heavy atom. The minimum atomic E-state index is -0.416. The molecule has 0 aromatic carbocycles. The molecule has 3 aromatic rings. The first-order valence-corrected chi connectivity index (χ1v) is 8.45. The number of nitrogens with zero attached hydrogens (tertiary/aromatic N) is 2. The quantitative estimate of drug-likeness (QED) is 0.516. The summed E-state index contributed by atoms with van der Waals surface area (Å²) < 4.78 is 6.61. The molecule has 4 rings (SSSR count). The normalized spacial score (nSPS) is 16.1. The van der Waals surface area contributed by atoms with Gasteiger partial charge in [-0.15, -0.1) is 0 Å². The molecular weight excluding hydrogens is 394 g/mol.